The minimum Gasteiger partial charge on any atom is -0.335 e. The van der Waals surface area contributed by atoms with Crippen molar-refractivity contribution in [3.63, 3.8) is 0 Å². The highest BCUT2D eigenvalue weighted by molar-refractivity contribution is 8.00. The van der Waals surface area contributed by atoms with Gasteiger partial charge in [0, 0.05) is 6.04 Å². The molecule has 8 heteroatoms. The number of nitrogens with one attached hydrogen (secondary N) is 2. The van der Waals surface area contributed by atoms with Gasteiger partial charge in [0.25, 0.3) is 0 Å². The molecular formula is C20H27N5O2S. The average Bonchev–Trinajstić information content (AvgIpc) is 3.03. The average molecular weight is 402 g/mol. The SMILES string of the molecule is Cc1nnc(SC(C)C(=O)NC(=O)NC2CCCCC2)n1Cc1ccccc1. The van der Waals surface area contributed by atoms with Crippen molar-refractivity contribution in [1.82, 2.24) is 25.4 Å². The first-order chi connectivity index (χ1) is 13.5. The molecule has 1 fully saturated rings. The summed E-state index contributed by atoms with van der Waals surface area (Å²) in [5, 5.41) is 13.9. The van der Waals surface area contributed by atoms with Crippen LogP contribution in [0.15, 0.2) is 35.5 Å². The van der Waals surface area contributed by atoms with Crippen LogP contribution in [-0.2, 0) is 11.3 Å². The van der Waals surface area contributed by atoms with Crippen LogP contribution < -0.4 is 10.6 Å². The number of urea groups is 1. The van der Waals surface area contributed by atoms with Gasteiger partial charge in [-0.3, -0.25) is 10.1 Å². The Hall–Kier alpha value is -2.35. The van der Waals surface area contributed by atoms with E-state index in [4.69, 9.17) is 0 Å². The third-order valence-electron chi connectivity index (χ3n) is 4.91. The molecule has 0 bridgehead atoms. The normalized spacial score (nSPS) is 15.8. The smallest absolute Gasteiger partial charge is 0.321 e. The van der Waals surface area contributed by atoms with E-state index in [2.05, 4.69) is 20.8 Å². The number of aryl methyl sites for hydroxylation is 1. The zero-order chi connectivity index (χ0) is 19.9. The summed E-state index contributed by atoms with van der Waals surface area (Å²) in [5.74, 6) is 0.458. The number of nitrogens with zero attached hydrogens (tertiary/aromatic N) is 3. The Balaban J connectivity index is 1.56. The standard InChI is InChI=1S/C20H27N5O2S/c1-14(18(26)22-19(27)21-17-11-7-4-8-12-17)28-20-24-23-15(2)25(20)13-16-9-5-3-6-10-16/h3,5-6,9-10,14,17H,4,7-8,11-13H2,1-2H3,(H2,21,22,26,27). The van der Waals surface area contributed by atoms with Gasteiger partial charge in [-0.2, -0.15) is 0 Å². The molecule has 3 rings (SSSR count). The van der Waals surface area contributed by atoms with Gasteiger partial charge in [-0.25, -0.2) is 4.79 Å². The molecule has 1 atom stereocenters. The first-order valence-electron chi connectivity index (χ1n) is 9.74. The summed E-state index contributed by atoms with van der Waals surface area (Å²) in [6, 6.07) is 9.79. The molecule has 0 aliphatic heterocycles. The Morgan fingerprint density at radius 3 is 2.61 bits per heavy atom. The number of thioether (sulfide) groups is 1. The number of carbonyl (C=O) groups excluding carboxylic acids is 2. The molecular weight excluding hydrogens is 374 g/mol. The van der Waals surface area contributed by atoms with Crippen molar-refractivity contribution >= 4 is 23.7 Å². The van der Waals surface area contributed by atoms with E-state index >= 15 is 0 Å². The first kappa shape index (κ1) is 20.4. The lowest BCUT2D eigenvalue weighted by molar-refractivity contribution is -0.119. The lowest BCUT2D eigenvalue weighted by Gasteiger charge is -2.23. The van der Waals surface area contributed by atoms with Gasteiger partial charge in [0.05, 0.1) is 11.8 Å². The second kappa shape index (κ2) is 9.73. The van der Waals surface area contributed by atoms with Crippen LogP contribution in [0.2, 0.25) is 0 Å². The van der Waals surface area contributed by atoms with Crippen LogP contribution in [0.25, 0.3) is 0 Å². The molecule has 0 spiro atoms. The van der Waals surface area contributed by atoms with Crippen LogP contribution in [0, 0.1) is 6.92 Å². The zero-order valence-corrected chi connectivity index (χ0v) is 17.2. The minimum absolute atomic E-state index is 0.168. The molecule has 28 heavy (non-hydrogen) atoms. The van der Waals surface area contributed by atoms with Gasteiger partial charge in [-0.05, 0) is 32.3 Å². The van der Waals surface area contributed by atoms with Crippen LogP contribution in [0.3, 0.4) is 0 Å². The number of benzene rings is 1. The summed E-state index contributed by atoms with van der Waals surface area (Å²) in [4.78, 5) is 24.5. The minimum atomic E-state index is -0.463. The predicted octanol–water partition coefficient (Wildman–Crippen LogP) is 3.27. The predicted molar refractivity (Wildman–Crippen MR) is 109 cm³/mol. The number of hydrogen-bond acceptors (Lipinski definition) is 5. The second-order valence-corrected chi connectivity index (χ2v) is 8.47. The van der Waals surface area contributed by atoms with Gasteiger partial charge in [0.15, 0.2) is 5.16 Å². The molecule has 1 aliphatic rings. The Labute approximate surface area is 169 Å². The molecule has 1 unspecified atom stereocenters. The number of carbonyl (C=O) groups is 2. The first-order valence-corrected chi connectivity index (χ1v) is 10.6. The maximum absolute atomic E-state index is 12.4. The lowest BCUT2D eigenvalue weighted by Crippen LogP contribution is -2.47. The summed E-state index contributed by atoms with van der Waals surface area (Å²) in [6.45, 7) is 4.30. The van der Waals surface area contributed by atoms with E-state index in [-0.39, 0.29) is 11.9 Å². The lowest BCUT2D eigenvalue weighted by atomic mass is 9.96. The van der Waals surface area contributed by atoms with Gasteiger partial charge in [-0.15, -0.1) is 10.2 Å². The Morgan fingerprint density at radius 1 is 1.18 bits per heavy atom. The van der Waals surface area contributed by atoms with Gasteiger partial charge in [0.2, 0.25) is 5.91 Å². The molecule has 1 aromatic carbocycles. The quantitative estimate of drug-likeness (QED) is 0.725. The highest BCUT2D eigenvalue weighted by Crippen LogP contribution is 2.23. The zero-order valence-electron chi connectivity index (χ0n) is 16.4. The van der Waals surface area contributed by atoms with Gasteiger partial charge in [-0.1, -0.05) is 61.4 Å². The highest BCUT2D eigenvalue weighted by Gasteiger charge is 2.22. The van der Waals surface area contributed by atoms with Crippen LogP contribution in [0.4, 0.5) is 4.79 Å². The summed E-state index contributed by atoms with van der Waals surface area (Å²) >= 11 is 1.30. The summed E-state index contributed by atoms with van der Waals surface area (Å²) in [6.07, 6.45) is 5.43. The number of rotatable bonds is 6. The largest absolute Gasteiger partial charge is 0.335 e. The van der Waals surface area contributed by atoms with Gasteiger partial charge >= 0.3 is 6.03 Å². The van der Waals surface area contributed by atoms with E-state index in [0.29, 0.717) is 11.7 Å². The maximum atomic E-state index is 12.4. The fraction of sp³-hybridized carbons (Fsp3) is 0.500. The molecule has 0 saturated heterocycles. The van der Waals surface area contributed by atoms with E-state index in [0.717, 1.165) is 37.1 Å². The number of imide groups is 1. The van der Waals surface area contributed by atoms with E-state index in [1.165, 1.54) is 18.2 Å². The van der Waals surface area contributed by atoms with E-state index in [1.807, 2.05) is 41.8 Å². The molecule has 150 valence electrons. The summed E-state index contributed by atoms with van der Waals surface area (Å²) < 4.78 is 1.98. The molecule has 1 aromatic heterocycles. The Bertz CT molecular complexity index is 802. The number of hydrogen-bond donors (Lipinski definition) is 2. The van der Waals surface area contributed by atoms with Gasteiger partial charge in [0.1, 0.15) is 5.82 Å². The van der Waals surface area contributed by atoms with Crippen molar-refractivity contribution in [2.24, 2.45) is 0 Å². The number of amides is 3. The monoisotopic (exact) mass is 401 g/mol. The fourth-order valence-corrected chi connectivity index (χ4v) is 4.18. The van der Waals surface area contributed by atoms with Gasteiger partial charge < -0.3 is 9.88 Å². The van der Waals surface area contributed by atoms with Crippen molar-refractivity contribution in [3.05, 3.63) is 41.7 Å². The molecule has 7 nitrogen and oxygen atoms in total. The van der Waals surface area contributed by atoms with Crippen molar-refractivity contribution in [1.29, 1.82) is 0 Å². The van der Waals surface area contributed by atoms with Crippen molar-refractivity contribution in [3.8, 4) is 0 Å². The number of aromatic nitrogens is 3. The van der Waals surface area contributed by atoms with Crippen LogP contribution in [0.5, 0.6) is 0 Å². The van der Waals surface area contributed by atoms with Crippen LogP contribution in [0.1, 0.15) is 50.4 Å². The third kappa shape index (κ3) is 5.58. The Kier molecular flexibility index (Phi) is 7.08. The molecule has 1 heterocycles. The van der Waals surface area contributed by atoms with Crippen LogP contribution >= 0.6 is 11.8 Å². The molecule has 0 radical (unpaired) electrons. The topological polar surface area (TPSA) is 88.9 Å². The molecule has 2 N–H and O–H groups in total. The van der Waals surface area contributed by atoms with Crippen LogP contribution in [-0.4, -0.2) is 38.0 Å². The summed E-state index contributed by atoms with van der Waals surface area (Å²) in [7, 11) is 0. The Morgan fingerprint density at radius 2 is 1.89 bits per heavy atom. The fourth-order valence-electron chi connectivity index (χ4n) is 3.29. The molecule has 2 aromatic rings. The van der Waals surface area contributed by atoms with E-state index < -0.39 is 11.3 Å². The molecule has 3 amide bonds. The molecule has 1 saturated carbocycles. The molecule has 1 aliphatic carbocycles. The maximum Gasteiger partial charge on any atom is 0.321 e. The van der Waals surface area contributed by atoms with E-state index in [1.54, 1.807) is 6.92 Å². The second-order valence-electron chi connectivity index (χ2n) is 7.16. The van der Waals surface area contributed by atoms with Crippen molar-refractivity contribution < 1.29 is 9.59 Å². The summed E-state index contributed by atoms with van der Waals surface area (Å²) in [5.41, 5.74) is 1.14. The highest BCUT2D eigenvalue weighted by atomic mass is 32.2. The third-order valence-corrected chi connectivity index (χ3v) is 5.99. The van der Waals surface area contributed by atoms with Crippen molar-refractivity contribution in [2.75, 3.05) is 0 Å². The van der Waals surface area contributed by atoms with E-state index in [9.17, 15) is 9.59 Å². The van der Waals surface area contributed by atoms with Crippen molar-refractivity contribution in [2.45, 2.75) is 68.9 Å².